The molecule has 1 atom stereocenters. The van der Waals surface area contributed by atoms with Gasteiger partial charge in [-0.25, -0.2) is 13.9 Å². The van der Waals surface area contributed by atoms with Crippen molar-refractivity contribution in [3.05, 3.63) is 41.2 Å². The summed E-state index contributed by atoms with van der Waals surface area (Å²) in [6.45, 7) is -0.843. The highest BCUT2D eigenvalue weighted by molar-refractivity contribution is 6.47. The maximum atomic E-state index is 12.4. The van der Waals surface area contributed by atoms with Crippen LogP contribution in [0.25, 0.3) is 0 Å². The molecule has 0 fully saturated rings. The minimum Gasteiger partial charge on any atom is -0.535 e. The molecular formula is C15H15BFN3O5. The van der Waals surface area contributed by atoms with Crippen molar-refractivity contribution >= 4 is 18.9 Å². The number of rotatable bonds is 6. The number of nitrogens with zero attached hydrogens (tertiary/aromatic N) is 3. The van der Waals surface area contributed by atoms with Crippen LogP contribution in [0, 0.1) is 0 Å². The van der Waals surface area contributed by atoms with Crippen molar-refractivity contribution in [2.24, 2.45) is 0 Å². The molecule has 0 aliphatic carbocycles. The number of fused-ring (bicyclic) bond motifs is 1. The molecule has 2 aromatic rings. The molecule has 2 heterocycles. The Morgan fingerprint density at radius 1 is 1.44 bits per heavy atom. The number of carboxylic acids is 1. The van der Waals surface area contributed by atoms with Crippen LogP contribution in [0.1, 0.15) is 28.0 Å². The van der Waals surface area contributed by atoms with Crippen molar-refractivity contribution in [3.63, 3.8) is 0 Å². The average Bonchev–Trinajstić information content (AvgIpc) is 3.02. The van der Waals surface area contributed by atoms with E-state index in [1.165, 1.54) is 16.9 Å². The fourth-order valence-corrected chi connectivity index (χ4v) is 2.84. The van der Waals surface area contributed by atoms with Gasteiger partial charge in [-0.1, -0.05) is 17.3 Å². The van der Waals surface area contributed by atoms with Gasteiger partial charge in [0.15, 0.2) is 5.78 Å². The summed E-state index contributed by atoms with van der Waals surface area (Å²) in [6.07, 6.45) is 1.68. The fraction of sp³-hybridized carbons (Fsp3) is 0.333. The standard InChI is InChI=1S/C15H15BFN3O5/c17-6-11-7-20(19-18-11)8-12(21)5-10-4-9-2-1-3-13(15(22)23)14(9)25-16(10)24/h1-3,7,10,24H,4-6,8H2,(H,22,23)/t10-/m1/s1. The summed E-state index contributed by atoms with van der Waals surface area (Å²) in [6, 6.07) is 4.69. The quantitative estimate of drug-likeness (QED) is 0.746. The molecule has 0 saturated heterocycles. The van der Waals surface area contributed by atoms with E-state index in [4.69, 9.17) is 9.76 Å². The number of benzene rings is 1. The number of alkyl halides is 1. The van der Waals surface area contributed by atoms with Gasteiger partial charge in [0.25, 0.3) is 0 Å². The zero-order valence-electron chi connectivity index (χ0n) is 13.1. The highest BCUT2D eigenvalue weighted by Crippen LogP contribution is 2.36. The Labute approximate surface area is 142 Å². The van der Waals surface area contributed by atoms with E-state index in [0.29, 0.717) is 12.0 Å². The predicted octanol–water partition coefficient (Wildman–Crippen LogP) is 0.891. The number of carbonyl (C=O) groups is 2. The summed E-state index contributed by atoms with van der Waals surface area (Å²) < 4.78 is 19.0. The van der Waals surface area contributed by atoms with Gasteiger partial charge < -0.3 is 14.8 Å². The maximum absolute atomic E-state index is 12.4. The Morgan fingerprint density at radius 3 is 2.92 bits per heavy atom. The number of hydrogen-bond donors (Lipinski definition) is 2. The average molecular weight is 347 g/mol. The molecule has 1 aromatic heterocycles. The minimum absolute atomic E-state index is 0.0166. The third-order valence-electron chi connectivity index (χ3n) is 4.00. The first kappa shape index (κ1) is 17.1. The van der Waals surface area contributed by atoms with Crippen LogP contribution < -0.4 is 4.65 Å². The molecule has 8 nitrogen and oxygen atoms in total. The molecular weight excluding hydrogens is 332 g/mol. The van der Waals surface area contributed by atoms with E-state index in [-0.39, 0.29) is 35.8 Å². The maximum Gasteiger partial charge on any atom is 0.526 e. The topological polar surface area (TPSA) is 115 Å². The molecule has 0 unspecified atom stereocenters. The molecule has 25 heavy (non-hydrogen) atoms. The number of Topliss-reactive ketones (excluding diaryl/α,β-unsaturated/α-hetero) is 1. The normalized spacial score (nSPS) is 16.2. The zero-order valence-corrected chi connectivity index (χ0v) is 13.1. The zero-order chi connectivity index (χ0) is 18.0. The lowest BCUT2D eigenvalue weighted by Gasteiger charge is -2.27. The molecule has 1 aliphatic heterocycles. The van der Waals surface area contributed by atoms with Crippen molar-refractivity contribution < 1.29 is 28.8 Å². The lowest BCUT2D eigenvalue weighted by atomic mass is 9.64. The van der Waals surface area contributed by atoms with E-state index in [1.807, 2.05) is 0 Å². The van der Waals surface area contributed by atoms with E-state index in [9.17, 15) is 19.0 Å². The molecule has 1 aliphatic rings. The van der Waals surface area contributed by atoms with Crippen LogP contribution in [0.2, 0.25) is 5.82 Å². The number of halogens is 1. The number of aromatic carboxylic acids is 1. The van der Waals surface area contributed by atoms with Crippen LogP contribution in [0.15, 0.2) is 24.4 Å². The first-order valence-corrected chi connectivity index (χ1v) is 7.64. The number of carbonyl (C=O) groups excluding carboxylic acids is 1. The first-order chi connectivity index (χ1) is 12.0. The first-order valence-electron chi connectivity index (χ1n) is 7.64. The Kier molecular flexibility index (Phi) is 4.80. The van der Waals surface area contributed by atoms with Crippen LogP contribution in [0.3, 0.4) is 0 Å². The third-order valence-corrected chi connectivity index (χ3v) is 4.00. The number of carboxylic acid groups (broad SMARTS) is 1. The van der Waals surface area contributed by atoms with E-state index < -0.39 is 25.6 Å². The minimum atomic E-state index is -1.28. The smallest absolute Gasteiger partial charge is 0.526 e. The number of ketones is 1. The second-order valence-electron chi connectivity index (χ2n) is 5.86. The molecule has 1 aromatic carbocycles. The van der Waals surface area contributed by atoms with Crippen LogP contribution in [-0.2, 0) is 24.4 Å². The van der Waals surface area contributed by atoms with Gasteiger partial charge in [-0.3, -0.25) is 4.79 Å². The number of hydrogen-bond acceptors (Lipinski definition) is 6. The molecule has 0 bridgehead atoms. The van der Waals surface area contributed by atoms with Gasteiger partial charge in [-0.15, -0.1) is 5.10 Å². The van der Waals surface area contributed by atoms with E-state index >= 15 is 0 Å². The van der Waals surface area contributed by atoms with Crippen molar-refractivity contribution in [1.29, 1.82) is 0 Å². The van der Waals surface area contributed by atoms with E-state index in [2.05, 4.69) is 10.3 Å². The summed E-state index contributed by atoms with van der Waals surface area (Å²) in [5.74, 6) is -1.74. The van der Waals surface area contributed by atoms with Gasteiger partial charge >= 0.3 is 13.1 Å². The largest absolute Gasteiger partial charge is 0.535 e. The lowest BCUT2D eigenvalue weighted by molar-refractivity contribution is -0.120. The summed E-state index contributed by atoms with van der Waals surface area (Å²) in [4.78, 5) is 23.4. The summed E-state index contributed by atoms with van der Waals surface area (Å²) in [5, 5.41) is 26.5. The number of para-hydroxylation sites is 1. The van der Waals surface area contributed by atoms with Gasteiger partial charge in [0.2, 0.25) is 0 Å². The molecule has 0 amide bonds. The molecule has 0 saturated carbocycles. The van der Waals surface area contributed by atoms with Crippen molar-refractivity contribution in [1.82, 2.24) is 15.0 Å². The van der Waals surface area contributed by atoms with Gasteiger partial charge in [0.1, 0.15) is 24.7 Å². The van der Waals surface area contributed by atoms with Crippen molar-refractivity contribution in [2.75, 3.05) is 0 Å². The summed E-state index contributed by atoms with van der Waals surface area (Å²) in [5.41, 5.74) is 0.745. The van der Waals surface area contributed by atoms with Gasteiger partial charge in [-0.2, -0.15) is 0 Å². The van der Waals surface area contributed by atoms with Crippen molar-refractivity contribution in [3.8, 4) is 5.75 Å². The molecule has 130 valence electrons. The molecule has 3 rings (SSSR count). The third kappa shape index (κ3) is 3.68. The highest BCUT2D eigenvalue weighted by Gasteiger charge is 2.37. The molecule has 2 N–H and O–H groups in total. The molecule has 0 spiro atoms. The Morgan fingerprint density at radius 2 is 2.24 bits per heavy atom. The van der Waals surface area contributed by atoms with E-state index in [0.717, 1.165) is 0 Å². The molecule has 0 radical (unpaired) electrons. The second kappa shape index (κ2) is 7.02. The Balaban J connectivity index is 1.68. The highest BCUT2D eigenvalue weighted by atomic mass is 19.1. The van der Waals surface area contributed by atoms with Crippen LogP contribution in [0.5, 0.6) is 5.75 Å². The monoisotopic (exact) mass is 347 g/mol. The Bertz CT molecular complexity index is 812. The SMILES string of the molecule is O=C(C[C@H]1Cc2cccc(C(=O)O)c2OB1O)Cn1cc(CF)nn1. The van der Waals surface area contributed by atoms with Crippen LogP contribution >= 0.6 is 0 Å². The molecule has 10 heteroatoms. The van der Waals surface area contributed by atoms with Crippen LogP contribution in [-0.4, -0.2) is 44.0 Å². The van der Waals surface area contributed by atoms with Gasteiger partial charge in [0, 0.05) is 12.2 Å². The lowest BCUT2D eigenvalue weighted by Crippen LogP contribution is -2.36. The van der Waals surface area contributed by atoms with Crippen molar-refractivity contribution in [2.45, 2.75) is 31.9 Å². The Hall–Kier alpha value is -2.75. The predicted molar refractivity (Wildman–Crippen MR) is 83.9 cm³/mol. The van der Waals surface area contributed by atoms with Crippen LogP contribution in [0.4, 0.5) is 4.39 Å². The fourth-order valence-electron chi connectivity index (χ4n) is 2.84. The number of aromatic nitrogens is 3. The second-order valence-corrected chi connectivity index (χ2v) is 5.86. The van der Waals surface area contributed by atoms with Gasteiger partial charge in [-0.05, 0) is 18.1 Å². The summed E-state index contributed by atoms with van der Waals surface area (Å²) >= 11 is 0. The van der Waals surface area contributed by atoms with Gasteiger partial charge in [0.05, 0.1) is 11.8 Å². The van der Waals surface area contributed by atoms with E-state index in [1.54, 1.807) is 12.1 Å². The summed E-state index contributed by atoms with van der Waals surface area (Å²) in [7, 11) is -1.28.